The van der Waals surface area contributed by atoms with E-state index in [4.69, 9.17) is 14.9 Å². The number of rotatable bonds is 5. The van der Waals surface area contributed by atoms with Gasteiger partial charge in [-0.25, -0.2) is 9.59 Å². The molecule has 0 fully saturated rings. The van der Waals surface area contributed by atoms with Crippen LogP contribution in [-0.4, -0.2) is 17.8 Å². The van der Waals surface area contributed by atoms with Crippen molar-refractivity contribution in [2.45, 2.75) is 12.8 Å². The Morgan fingerprint density at radius 2 is 1.88 bits per heavy atom. The van der Waals surface area contributed by atoms with Crippen LogP contribution in [0.25, 0.3) is 11.0 Å². The lowest BCUT2D eigenvalue weighted by Gasteiger charge is -2.11. The lowest BCUT2D eigenvalue weighted by Crippen LogP contribution is -2.16. The molecule has 0 spiro atoms. The van der Waals surface area contributed by atoms with Crippen molar-refractivity contribution in [3.8, 4) is 5.75 Å². The zero-order valence-electron chi connectivity index (χ0n) is 13.4. The van der Waals surface area contributed by atoms with Crippen molar-refractivity contribution in [2.24, 2.45) is 5.73 Å². The zero-order valence-corrected chi connectivity index (χ0v) is 13.4. The summed E-state index contributed by atoms with van der Waals surface area (Å²) in [5, 5.41) is 10.1. The minimum atomic E-state index is -0.946. The van der Waals surface area contributed by atoms with Gasteiger partial charge in [0.1, 0.15) is 11.3 Å². The van der Waals surface area contributed by atoms with Crippen LogP contribution < -0.4 is 16.1 Å². The number of hydrogen-bond acceptors (Lipinski definition) is 5. The van der Waals surface area contributed by atoms with Crippen molar-refractivity contribution in [2.75, 3.05) is 6.61 Å². The van der Waals surface area contributed by atoms with Gasteiger partial charge < -0.3 is 20.0 Å². The largest absolute Gasteiger partial charge is 0.422 e. The summed E-state index contributed by atoms with van der Waals surface area (Å²) in [6.07, 6.45) is -0.216. The molecule has 1 aromatic heterocycles. The van der Waals surface area contributed by atoms with Crippen molar-refractivity contribution < 1.29 is 19.1 Å². The van der Waals surface area contributed by atoms with Crippen LogP contribution in [0.15, 0.2) is 57.7 Å². The highest BCUT2D eigenvalue weighted by Crippen LogP contribution is 2.26. The third-order valence-electron chi connectivity index (χ3n) is 3.90. The van der Waals surface area contributed by atoms with Gasteiger partial charge in [-0.15, -0.1) is 0 Å². The highest BCUT2D eigenvalue weighted by molar-refractivity contribution is 5.83. The third kappa shape index (κ3) is 3.70. The smallest absolute Gasteiger partial charge is 0.409 e. The van der Waals surface area contributed by atoms with Gasteiger partial charge in [-0.05, 0) is 29.7 Å². The van der Waals surface area contributed by atoms with Crippen LogP contribution in [0.3, 0.4) is 0 Å². The van der Waals surface area contributed by atoms with Crippen LogP contribution >= 0.6 is 0 Å². The van der Waals surface area contributed by atoms with Crippen molar-refractivity contribution in [1.82, 2.24) is 0 Å². The number of benzene rings is 2. The first-order valence-electron chi connectivity index (χ1n) is 7.79. The molecule has 1 amide bonds. The van der Waals surface area contributed by atoms with E-state index in [0.717, 1.165) is 11.1 Å². The molecule has 0 atom stereocenters. The van der Waals surface area contributed by atoms with E-state index in [2.05, 4.69) is 0 Å². The Balaban J connectivity index is 2.13. The second kappa shape index (κ2) is 7.19. The van der Waals surface area contributed by atoms with Gasteiger partial charge in [0.2, 0.25) is 0 Å². The number of nitrogens with two attached hydrogens (primary N) is 1. The minimum absolute atomic E-state index is 0.0973. The summed E-state index contributed by atoms with van der Waals surface area (Å²) >= 11 is 0. The van der Waals surface area contributed by atoms with E-state index in [1.54, 1.807) is 12.1 Å². The maximum Gasteiger partial charge on any atom is 0.409 e. The summed E-state index contributed by atoms with van der Waals surface area (Å²) < 4.78 is 10.2. The Hall–Kier alpha value is -3.12. The Labute approximate surface area is 143 Å². The fourth-order valence-corrected chi connectivity index (χ4v) is 2.84. The molecular weight excluding hydrogens is 322 g/mol. The number of aliphatic hydroxyl groups excluding tert-OH is 1. The first-order chi connectivity index (χ1) is 12.1. The van der Waals surface area contributed by atoms with Crippen molar-refractivity contribution in [3.63, 3.8) is 0 Å². The molecule has 0 aliphatic heterocycles. The molecule has 1 heterocycles. The lowest BCUT2D eigenvalue weighted by atomic mass is 9.96. The average molecular weight is 339 g/mol. The summed E-state index contributed by atoms with van der Waals surface area (Å²) in [5.74, 6) is 0.189. The Morgan fingerprint density at radius 1 is 1.12 bits per heavy atom. The Bertz CT molecular complexity index is 963. The van der Waals surface area contributed by atoms with Crippen LogP contribution in [-0.2, 0) is 12.8 Å². The number of carbonyl (C=O) groups is 1. The van der Waals surface area contributed by atoms with E-state index in [-0.39, 0.29) is 17.9 Å². The van der Waals surface area contributed by atoms with E-state index >= 15 is 0 Å². The van der Waals surface area contributed by atoms with Crippen molar-refractivity contribution in [1.29, 1.82) is 0 Å². The van der Waals surface area contributed by atoms with Crippen molar-refractivity contribution in [3.05, 3.63) is 75.6 Å². The summed E-state index contributed by atoms with van der Waals surface area (Å²) in [7, 11) is 0. The SMILES string of the molecule is NC(=O)Oc1ccc2c(CCO)c(Cc3ccccc3)c(=O)oc2c1. The predicted octanol–water partition coefficient (Wildman–Crippen LogP) is 2.38. The molecule has 3 rings (SSSR count). The van der Waals surface area contributed by atoms with E-state index in [0.29, 0.717) is 23.8 Å². The molecule has 0 saturated carbocycles. The summed E-state index contributed by atoms with van der Waals surface area (Å²) in [6.45, 7) is -0.0973. The number of carbonyl (C=O) groups excluding carboxylic acids is 1. The predicted molar refractivity (Wildman–Crippen MR) is 92.7 cm³/mol. The molecule has 6 nitrogen and oxygen atoms in total. The molecule has 2 aromatic carbocycles. The fraction of sp³-hybridized carbons (Fsp3) is 0.158. The highest BCUT2D eigenvalue weighted by Gasteiger charge is 2.16. The number of primary amides is 1. The van der Waals surface area contributed by atoms with Crippen LogP contribution in [0.4, 0.5) is 4.79 Å². The van der Waals surface area contributed by atoms with Crippen LogP contribution in [0, 0.1) is 0 Å². The summed E-state index contributed by atoms with van der Waals surface area (Å²) in [4.78, 5) is 23.4. The monoisotopic (exact) mass is 339 g/mol. The molecule has 0 bridgehead atoms. The number of aliphatic hydroxyl groups is 1. The summed E-state index contributed by atoms with van der Waals surface area (Å²) in [6, 6.07) is 14.3. The first kappa shape index (κ1) is 16.7. The second-order valence-electron chi connectivity index (χ2n) is 5.56. The number of ether oxygens (including phenoxy) is 1. The third-order valence-corrected chi connectivity index (χ3v) is 3.90. The number of amides is 1. The fourth-order valence-electron chi connectivity index (χ4n) is 2.84. The quantitative estimate of drug-likeness (QED) is 0.695. The number of fused-ring (bicyclic) bond motifs is 1. The molecule has 0 aliphatic rings. The topological polar surface area (TPSA) is 103 Å². The van der Waals surface area contributed by atoms with Gasteiger partial charge in [0, 0.05) is 30.0 Å². The van der Waals surface area contributed by atoms with E-state index in [1.165, 1.54) is 6.07 Å². The van der Waals surface area contributed by atoms with Gasteiger partial charge in [-0.1, -0.05) is 30.3 Å². The van der Waals surface area contributed by atoms with Crippen LogP contribution in [0.5, 0.6) is 5.75 Å². The van der Waals surface area contributed by atoms with E-state index in [1.807, 2.05) is 30.3 Å². The van der Waals surface area contributed by atoms with Gasteiger partial charge in [-0.3, -0.25) is 0 Å². The normalized spacial score (nSPS) is 10.8. The average Bonchev–Trinajstić information content (AvgIpc) is 2.58. The zero-order chi connectivity index (χ0) is 17.8. The summed E-state index contributed by atoms with van der Waals surface area (Å²) in [5.41, 5.74) is 7.01. The van der Waals surface area contributed by atoms with Gasteiger partial charge in [0.25, 0.3) is 0 Å². The molecule has 0 radical (unpaired) electrons. The Morgan fingerprint density at radius 3 is 2.56 bits per heavy atom. The van der Waals surface area contributed by atoms with E-state index < -0.39 is 11.7 Å². The molecule has 128 valence electrons. The van der Waals surface area contributed by atoms with E-state index in [9.17, 15) is 14.7 Å². The molecule has 3 aromatic rings. The van der Waals surface area contributed by atoms with Crippen molar-refractivity contribution >= 4 is 17.1 Å². The first-order valence-corrected chi connectivity index (χ1v) is 7.79. The van der Waals surface area contributed by atoms with Crippen LogP contribution in [0.2, 0.25) is 0 Å². The van der Waals surface area contributed by atoms with Gasteiger partial charge in [0.05, 0.1) is 0 Å². The molecular formula is C19H17NO5. The van der Waals surface area contributed by atoms with Gasteiger partial charge in [-0.2, -0.15) is 0 Å². The second-order valence-corrected chi connectivity index (χ2v) is 5.56. The molecule has 0 unspecified atom stereocenters. The highest BCUT2D eigenvalue weighted by atomic mass is 16.5. The lowest BCUT2D eigenvalue weighted by molar-refractivity contribution is 0.211. The molecule has 25 heavy (non-hydrogen) atoms. The molecule has 6 heteroatoms. The number of hydrogen-bond donors (Lipinski definition) is 2. The van der Waals surface area contributed by atoms with Gasteiger partial charge in [0.15, 0.2) is 0 Å². The molecule has 0 saturated heterocycles. The van der Waals surface area contributed by atoms with Crippen LogP contribution in [0.1, 0.15) is 16.7 Å². The maximum atomic E-state index is 12.5. The minimum Gasteiger partial charge on any atom is -0.422 e. The Kier molecular flexibility index (Phi) is 4.81. The molecule has 0 aliphatic carbocycles. The van der Waals surface area contributed by atoms with Gasteiger partial charge >= 0.3 is 11.7 Å². The standard InChI is InChI=1S/C19H17NO5/c20-19(23)24-13-6-7-15-14(8-9-21)16(18(22)25-17(15)11-13)10-12-4-2-1-3-5-12/h1-7,11,21H,8-10H2,(H2,20,23). The maximum absolute atomic E-state index is 12.5. The molecule has 3 N–H and O–H groups in total.